The van der Waals surface area contributed by atoms with E-state index in [0.29, 0.717) is 20.8 Å². The van der Waals surface area contributed by atoms with Crippen molar-refractivity contribution in [2.45, 2.75) is 4.90 Å². The maximum Gasteiger partial charge on any atom is 0.324 e. The lowest BCUT2D eigenvalue weighted by Crippen LogP contribution is -2.21. The molecule has 1 aromatic heterocycles. The zero-order chi connectivity index (χ0) is 18.0. The molecule has 0 aliphatic carbocycles. The van der Waals surface area contributed by atoms with Crippen LogP contribution in [0, 0.1) is 0 Å². The second-order valence-electron chi connectivity index (χ2n) is 5.16. The van der Waals surface area contributed by atoms with E-state index in [1.807, 2.05) is 24.5 Å². The number of carbonyl (C=O) groups excluding carboxylic acids is 2. The summed E-state index contributed by atoms with van der Waals surface area (Å²) in [5.41, 5.74) is 6.33. The molecule has 128 valence electrons. The van der Waals surface area contributed by atoms with Gasteiger partial charge in [0.05, 0.1) is 5.56 Å². The number of carbonyl (C=O) groups is 2. The third kappa shape index (κ3) is 3.70. The molecule has 0 aliphatic rings. The van der Waals surface area contributed by atoms with Crippen LogP contribution in [0.3, 0.4) is 0 Å². The van der Waals surface area contributed by atoms with Crippen molar-refractivity contribution >= 4 is 55.8 Å². The largest absolute Gasteiger partial charge is 0.508 e. The Labute approximate surface area is 152 Å². The fourth-order valence-corrected chi connectivity index (χ4v) is 3.98. The van der Waals surface area contributed by atoms with Gasteiger partial charge in [-0.25, -0.2) is 4.79 Å². The number of rotatable bonds is 4. The molecule has 0 bridgehead atoms. The number of nitrogens with two attached hydrogens (primary N) is 1. The lowest BCUT2D eigenvalue weighted by molar-refractivity contribution is 0.100. The Morgan fingerprint density at radius 1 is 1.16 bits per heavy atom. The van der Waals surface area contributed by atoms with Crippen LogP contribution in [0.1, 0.15) is 10.4 Å². The topological polar surface area (TPSA) is 104 Å². The molecule has 0 saturated heterocycles. The summed E-state index contributed by atoms with van der Waals surface area (Å²) in [6, 6.07) is 11.5. The van der Waals surface area contributed by atoms with Crippen molar-refractivity contribution in [2.24, 2.45) is 5.73 Å². The molecule has 3 aromatic rings. The average Bonchev–Trinajstić information content (AvgIpc) is 2.91. The van der Waals surface area contributed by atoms with E-state index in [2.05, 4.69) is 10.6 Å². The number of thioether (sulfide) groups is 1. The number of phenolic OH excluding ortho intramolecular Hbond substituents is 1. The predicted molar refractivity (Wildman–Crippen MR) is 103 cm³/mol. The molecule has 3 amide bonds. The van der Waals surface area contributed by atoms with E-state index in [-0.39, 0.29) is 11.3 Å². The Morgan fingerprint density at radius 3 is 2.68 bits per heavy atom. The van der Waals surface area contributed by atoms with Gasteiger partial charge in [0.2, 0.25) is 0 Å². The van der Waals surface area contributed by atoms with Crippen molar-refractivity contribution in [3.05, 3.63) is 48.0 Å². The number of nitrogens with one attached hydrogen (secondary N) is 2. The molecule has 25 heavy (non-hydrogen) atoms. The minimum absolute atomic E-state index is 0.0784. The van der Waals surface area contributed by atoms with Gasteiger partial charge in [-0.05, 0) is 42.7 Å². The molecule has 3 rings (SSSR count). The molecule has 0 aliphatic heterocycles. The summed E-state index contributed by atoms with van der Waals surface area (Å²) < 4.78 is 0.661. The SMILES string of the molecule is CSc1cccc(NC(=O)Nc2sc3cc(O)ccc3c2C(N)=O)c1. The highest BCUT2D eigenvalue weighted by Gasteiger charge is 2.19. The van der Waals surface area contributed by atoms with E-state index in [1.54, 1.807) is 23.9 Å². The average molecular weight is 373 g/mol. The smallest absolute Gasteiger partial charge is 0.324 e. The summed E-state index contributed by atoms with van der Waals surface area (Å²) >= 11 is 2.75. The highest BCUT2D eigenvalue weighted by atomic mass is 32.2. The first-order chi connectivity index (χ1) is 12.0. The van der Waals surface area contributed by atoms with Gasteiger partial charge in [-0.15, -0.1) is 23.1 Å². The van der Waals surface area contributed by atoms with Crippen molar-refractivity contribution in [3.8, 4) is 5.75 Å². The molecule has 0 atom stereocenters. The van der Waals surface area contributed by atoms with Gasteiger partial charge in [0.25, 0.3) is 5.91 Å². The highest BCUT2D eigenvalue weighted by Crippen LogP contribution is 2.37. The van der Waals surface area contributed by atoms with Gasteiger partial charge in [0, 0.05) is 20.7 Å². The van der Waals surface area contributed by atoms with E-state index in [4.69, 9.17) is 5.73 Å². The fraction of sp³-hybridized carbons (Fsp3) is 0.0588. The summed E-state index contributed by atoms with van der Waals surface area (Å²) in [5.74, 6) is -0.564. The van der Waals surface area contributed by atoms with Gasteiger partial charge < -0.3 is 16.2 Å². The third-order valence-electron chi connectivity index (χ3n) is 3.47. The zero-order valence-electron chi connectivity index (χ0n) is 13.2. The minimum atomic E-state index is -0.642. The number of thiophene rings is 1. The van der Waals surface area contributed by atoms with E-state index in [0.717, 1.165) is 4.90 Å². The fourth-order valence-electron chi connectivity index (χ4n) is 2.38. The maximum atomic E-state index is 12.3. The van der Waals surface area contributed by atoms with Gasteiger partial charge in [0.1, 0.15) is 10.8 Å². The zero-order valence-corrected chi connectivity index (χ0v) is 14.8. The number of benzene rings is 2. The molecule has 0 spiro atoms. The Hall–Kier alpha value is -2.71. The number of hydrogen-bond donors (Lipinski definition) is 4. The molecular formula is C17H15N3O3S2. The number of hydrogen-bond acceptors (Lipinski definition) is 5. The van der Waals surface area contributed by atoms with Crippen molar-refractivity contribution in [3.63, 3.8) is 0 Å². The predicted octanol–water partition coefficient (Wildman–Crippen LogP) is 4.07. The molecule has 8 heteroatoms. The van der Waals surface area contributed by atoms with Crippen LogP contribution < -0.4 is 16.4 Å². The number of anilines is 2. The van der Waals surface area contributed by atoms with Crippen LogP contribution in [0.15, 0.2) is 47.4 Å². The molecule has 0 fully saturated rings. The van der Waals surface area contributed by atoms with Gasteiger partial charge in [0.15, 0.2) is 0 Å². The molecule has 2 aromatic carbocycles. The first kappa shape index (κ1) is 17.1. The second kappa shape index (κ2) is 7.04. The monoisotopic (exact) mass is 373 g/mol. The Kier molecular flexibility index (Phi) is 4.82. The van der Waals surface area contributed by atoms with E-state index < -0.39 is 11.9 Å². The molecule has 5 N–H and O–H groups in total. The Bertz CT molecular complexity index is 969. The van der Waals surface area contributed by atoms with E-state index in [9.17, 15) is 14.7 Å². The van der Waals surface area contributed by atoms with Gasteiger partial charge in [-0.1, -0.05) is 6.07 Å². The molecule has 0 radical (unpaired) electrons. The highest BCUT2D eigenvalue weighted by molar-refractivity contribution is 7.98. The van der Waals surface area contributed by atoms with Crippen LogP contribution in [-0.2, 0) is 0 Å². The minimum Gasteiger partial charge on any atom is -0.508 e. The third-order valence-corrected chi connectivity index (χ3v) is 5.27. The number of urea groups is 1. The van der Waals surface area contributed by atoms with E-state index in [1.165, 1.54) is 23.5 Å². The van der Waals surface area contributed by atoms with Crippen molar-refractivity contribution in [2.75, 3.05) is 16.9 Å². The summed E-state index contributed by atoms with van der Waals surface area (Å²) in [4.78, 5) is 25.1. The molecule has 1 heterocycles. The lowest BCUT2D eigenvalue weighted by atomic mass is 10.1. The van der Waals surface area contributed by atoms with Crippen molar-refractivity contribution in [1.82, 2.24) is 0 Å². The number of primary amides is 1. The molecular weight excluding hydrogens is 358 g/mol. The lowest BCUT2D eigenvalue weighted by Gasteiger charge is -2.08. The number of aromatic hydroxyl groups is 1. The second-order valence-corrected chi connectivity index (χ2v) is 7.09. The van der Waals surface area contributed by atoms with E-state index >= 15 is 0 Å². The van der Waals surface area contributed by atoms with Gasteiger partial charge in [-0.3, -0.25) is 10.1 Å². The van der Waals surface area contributed by atoms with Gasteiger partial charge in [-0.2, -0.15) is 0 Å². The van der Waals surface area contributed by atoms with Gasteiger partial charge >= 0.3 is 6.03 Å². The first-order valence-electron chi connectivity index (χ1n) is 7.25. The Morgan fingerprint density at radius 2 is 1.96 bits per heavy atom. The molecule has 6 nitrogen and oxygen atoms in total. The van der Waals surface area contributed by atoms with Crippen molar-refractivity contribution < 1.29 is 14.7 Å². The quantitative estimate of drug-likeness (QED) is 0.517. The standard InChI is InChI=1S/C17H15N3O3S2/c1-24-11-4-2-3-9(7-11)19-17(23)20-16-14(15(18)22)12-6-5-10(21)8-13(12)25-16/h2-8,21H,1H3,(H2,18,22)(H2,19,20,23). The van der Waals surface area contributed by atoms with Crippen LogP contribution in [-0.4, -0.2) is 23.3 Å². The van der Waals surface area contributed by atoms with Crippen LogP contribution >= 0.6 is 23.1 Å². The normalized spacial score (nSPS) is 10.6. The molecule has 0 saturated carbocycles. The Balaban J connectivity index is 1.87. The van der Waals surface area contributed by atoms with Crippen LogP contribution in [0.5, 0.6) is 5.75 Å². The van der Waals surface area contributed by atoms with Crippen LogP contribution in [0.2, 0.25) is 0 Å². The summed E-state index contributed by atoms with van der Waals surface area (Å²) in [6.07, 6.45) is 1.95. The number of amides is 3. The summed E-state index contributed by atoms with van der Waals surface area (Å²) in [6.45, 7) is 0. The number of fused-ring (bicyclic) bond motifs is 1. The summed E-state index contributed by atoms with van der Waals surface area (Å²) in [5, 5.41) is 15.9. The summed E-state index contributed by atoms with van der Waals surface area (Å²) in [7, 11) is 0. The van der Waals surface area contributed by atoms with Crippen molar-refractivity contribution in [1.29, 1.82) is 0 Å². The van der Waals surface area contributed by atoms with Crippen LogP contribution in [0.25, 0.3) is 10.1 Å². The number of phenols is 1. The van der Waals surface area contributed by atoms with Crippen LogP contribution in [0.4, 0.5) is 15.5 Å². The molecule has 0 unspecified atom stereocenters. The maximum absolute atomic E-state index is 12.3. The first-order valence-corrected chi connectivity index (χ1v) is 9.29.